The van der Waals surface area contributed by atoms with Gasteiger partial charge in [-0.15, -0.1) is 0 Å². The van der Waals surface area contributed by atoms with Crippen molar-refractivity contribution in [2.45, 2.75) is 6.54 Å². The molecule has 0 bridgehead atoms. The van der Waals surface area contributed by atoms with Crippen LogP contribution in [0.25, 0.3) is 6.08 Å². The molecule has 0 atom stereocenters. The van der Waals surface area contributed by atoms with Crippen molar-refractivity contribution in [2.75, 3.05) is 18.2 Å². The summed E-state index contributed by atoms with van der Waals surface area (Å²) in [4.78, 5) is 28.3. The van der Waals surface area contributed by atoms with E-state index in [0.717, 1.165) is 16.9 Å². The quantitative estimate of drug-likeness (QED) is 0.526. The molecule has 2 amide bonds. The Morgan fingerprint density at radius 1 is 1.07 bits per heavy atom. The highest BCUT2D eigenvalue weighted by Crippen LogP contribution is 2.15. The Labute approximate surface area is 174 Å². The second-order valence-electron chi connectivity index (χ2n) is 6.41. The van der Waals surface area contributed by atoms with E-state index in [9.17, 15) is 9.59 Å². The van der Waals surface area contributed by atoms with E-state index in [1.165, 1.54) is 6.08 Å². The van der Waals surface area contributed by atoms with Gasteiger partial charge in [0.2, 0.25) is 5.91 Å². The van der Waals surface area contributed by atoms with Gasteiger partial charge in [0.15, 0.2) is 0 Å². The minimum absolute atomic E-state index is 0.209. The molecule has 0 saturated carbocycles. The van der Waals surface area contributed by atoms with Gasteiger partial charge in [-0.2, -0.15) is 0 Å². The van der Waals surface area contributed by atoms with Crippen LogP contribution in [0.4, 0.5) is 11.5 Å². The molecule has 7 nitrogen and oxygen atoms in total. The van der Waals surface area contributed by atoms with E-state index >= 15 is 0 Å². The zero-order chi connectivity index (χ0) is 21.3. The van der Waals surface area contributed by atoms with E-state index in [0.29, 0.717) is 17.8 Å². The summed E-state index contributed by atoms with van der Waals surface area (Å²) in [5, 5.41) is 5.53. The van der Waals surface area contributed by atoms with Gasteiger partial charge in [0.25, 0.3) is 5.91 Å². The molecule has 0 saturated heterocycles. The molecule has 4 N–H and O–H groups in total. The number of nitrogens with zero attached hydrogens (tertiary/aromatic N) is 1. The fraction of sp³-hybridized carbons (Fsp3) is 0.0870. The third-order valence-electron chi connectivity index (χ3n) is 4.31. The van der Waals surface area contributed by atoms with Crippen LogP contribution in [0.15, 0.2) is 72.9 Å². The first-order chi connectivity index (χ1) is 14.5. The van der Waals surface area contributed by atoms with Crippen molar-refractivity contribution in [3.05, 3.63) is 89.6 Å². The van der Waals surface area contributed by atoms with Crippen LogP contribution >= 0.6 is 0 Å². The lowest BCUT2D eigenvalue weighted by Gasteiger charge is -2.08. The third kappa shape index (κ3) is 5.68. The molecule has 0 radical (unpaired) electrons. The molecule has 0 unspecified atom stereocenters. The Morgan fingerprint density at radius 2 is 1.80 bits per heavy atom. The van der Waals surface area contributed by atoms with Gasteiger partial charge >= 0.3 is 0 Å². The molecule has 1 aromatic heterocycles. The Balaban J connectivity index is 1.51. The van der Waals surface area contributed by atoms with E-state index in [1.54, 1.807) is 55.8 Å². The Morgan fingerprint density at radius 3 is 2.47 bits per heavy atom. The first kappa shape index (κ1) is 20.6. The molecule has 3 rings (SSSR count). The number of amides is 2. The summed E-state index contributed by atoms with van der Waals surface area (Å²) < 4.78 is 5.10. The largest absolute Gasteiger partial charge is 0.497 e. The summed E-state index contributed by atoms with van der Waals surface area (Å²) in [7, 11) is 1.61. The molecule has 152 valence electrons. The highest BCUT2D eigenvalue weighted by molar-refractivity contribution is 6.05. The molecule has 1 heterocycles. The number of anilines is 2. The van der Waals surface area contributed by atoms with Crippen molar-refractivity contribution in [3.8, 4) is 5.75 Å². The number of carbonyl (C=O) groups is 2. The van der Waals surface area contributed by atoms with E-state index in [4.69, 9.17) is 10.5 Å². The Kier molecular flexibility index (Phi) is 6.78. The SMILES string of the molecule is COc1ccc(C=CC(=O)NCc2ccc(C(=O)Nc3cccnc3N)cc2)cc1. The molecule has 2 aromatic carbocycles. The number of ether oxygens (including phenoxy) is 1. The van der Waals surface area contributed by atoms with Crippen molar-refractivity contribution in [2.24, 2.45) is 0 Å². The lowest BCUT2D eigenvalue weighted by Crippen LogP contribution is -2.20. The van der Waals surface area contributed by atoms with Gasteiger partial charge in [-0.3, -0.25) is 9.59 Å². The summed E-state index contributed by atoms with van der Waals surface area (Å²) in [5.74, 6) is 0.526. The van der Waals surface area contributed by atoms with E-state index in [-0.39, 0.29) is 17.6 Å². The van der Waals surface area contributed by atoms with Crippen LogP contribution in [0.2, 0.25) is 0 Å². The standard InChI is InChI=1S/C23H22N4O3/c1-30-19-11-6-16(7-12-19)8-13-21(28)26-15-17-4-9-18(10-5-17)23(29)27-20-3-2-14-25-22(20)24/h2-14H,15H2,1H3,(H2,24,25)(H,26,28)(H,27,29). The summed E-state index contributed by atoms with van der Waals surface area (Å²) in [6.07, 6.45) is 4.76. The number of hydrogen-bond donors (Lipinski definition) is 3. The van der Waals surface area contributed by atoms with Crippen LogP contribution in [0.3, 0.4) is 0 Å². The first-order valence-electron chi connectivity index (χ1n) is 9.26. The molecule has 0 fully saturated rings. The second kappa shape index (κ2) is 9.88. The summed E-state index contributed by atoms with van der Waals surface area (Å²) in [6, 6.07) is 17.7. The van der Waals surface area contributed by atoms with E-state index < -0.39 is 0 Å². The number of nitrogens with two attached hydrogens (primary N) is 1. The van der Waals surface area contributed by atoms with Gasteiger partial charge in [-0.05, 0) is 53.6 Å². The normalized spacial score (nSPS) is 10.6. The minimum atomic E-state index is -0.285. The zero-order valence-corrected chi connectivity index (χ0v) is 16.5. The van der Waals surface area contributed by atoms with Crippen LogP contribution in [0, 0.1) is 0 Å². The minimum Gasteiger partial charge on any atom is -0.497 e. The second-order valence-corrected chi connectivity index (χ2v) is 6.41. The Bertz CT molecular complexity index is 1040. The fourth-order valence-electron chi connectivity index (χ4n) is 2.63. The van der Waals surface area contributed by atoms with Gasteiger partial charge in [-0.1, -0.05) is 24.3 Å². The van der Waals surface area contributed by atoms with Crippen LogP contribution in [-0.4, -0.2) is 23.9 Å². The molecule has 0 aliphatic carbocycles. The van der Waals surface area contributed by atoms with Gasteiger partial charge in [-0.25, -0.2) is 4.98 Å². The van der Waals surface area contributed by atoms with E-state index in [2.05, 4.69) is 15.6 Å². The number of pyridine rings is 1. The van der Waals surface area contributed by atoms with Crippen LogP contribution in [-0.2, 0) is 11.3 Å². The molecular formula is C23H22N4O3. The summed E-state index contributed by atoms with van der Waals surface area (Å²) in [5.41, 5.74) is 8.45. The van der Waals surface area contributed by atoms with Crippen LogP contribution in [0.5, 0.6) is 5.75 Å². The lowest BCUT2D eigenvalue weighted by molar-refractivity contribution is -0.116. The smallest absolute Gasteiger partial charge is 0.255 e. The number of benzene rings is 2. The number of methoxy groups -OCH3 is 1. The van der Waals surface area contributed by atoms with Crippen molar-refractivity contribution >= 4 is 29.4 Å². The number of nitrogen functional groups attached to an aromatic ring is 1. The predicted octanol–water partition coefficient (Wildman–Crippen LogP) is 3.25. The molecular weight excluding hydrogens is 380 g/mol. The maximum Gasteiger partial charge on any atom is 0.255 e. The molecule has 0 spiro atoms. The average molecular weight is 402 g/mol. The lowest BCUT2D eigenvalue weighted by atomic mass is 10.1. The number of hydrogen-bond acceptors (Lipinski definition) is 5. The summed E-state index contributed by atoms with van der Waals surface area (Å²) >= 11 is 0. The average Bonchev–Trinajstić information content (AvgIpc) is 2.78. The van der Waals surface area contributed by atoms with Crippen molar-refractivity contribution in [1.82, 2.24) is 10.3 Å². The molecule has 0 aliphatic heterocycles. The third-order valence-corrected chi connectivity index (χ3v) is 4.31. The zero-order valence-electron chi connectivity index (χ0n) is 16.5. The van der Waals surface area contributed by atoms with Crippen molar-refractivity contribution in [1.29, 1.82) is 0 Å². The number of aromatic nitrogens is 1. The van der Waals surface area contributed by atoms with Gasteiger partial charge in [0.1, 0.15) is 11.6 Å². The van der Waals surface area contributed by atoms with E-state index in [1.807, 2.05) is 24.3 Å². The fourth-order valence-corrected chi connectivity index (χ4v) is 2.63. The van der Waals surface area contributed by atoms with Gasteiger partial charge in [0, 0.05) is 24.4 Å². The summed E-state index contributed by atoms with van der Waals surface area (Å²) in [6.45, 7) is 0.350. The van der Waals surface area contributed by atoms with Crippen LogP contribution < -0.4 is 21.1 Å². The van der Waals surface area contributed by atoms with Crippen molar-refractivity contribution < 1.29 is 14.3 Å². The van der Waals surface area contributed by atoms with Gasteiger partial charge in [0.05, 0.1) is 12.8 Å². The molecule has 7 heteroatoms. The Hall–Kier alpha value is -4.13. The van der Waals surface area contributed by atoms with Crippen LogP contribution in [0.1, 0.15) is 21.5 Å². The van der Waals surface area contributed by atoms with Crippen molar-refractivity contribution in [3.63, 3.8) is 0 Å². The molecule has 30 heavy (non-hydrogen) atoms. The maximum absolute atomic E-state index is 12.3. The first-order valence-corrected chi connectivity index (χ1v) is 9.26. The molecule has 0 aliphatic rings. The number of carbonyl (C=O) groups excluding carboxylic acids is 2. The van der Waals surface area contributed by atoms with Gasteiger partial charge < -0.3 is 21.1 Å². The number of nitrogens with one attached hydrogen (secondary N) is 2. The topological polar surface area (TPSA) is 106 Å². The number of rotatable bonds is 7. The molecule has 3 aromatic rings. The predicted molar refractivity (Wildman–Crippen MR) is 117 cm³/mol. The highest BCUT2D eigenvalue weighted by Gasteiger charge is 2.08. The monoisotopic (exact) mass is 402 g/mol. The highest BCUT2D eigenvalue weighted by atomic mass is 16.5. The maximum atomic E-state index is 12.3.